The van der Waals surface area contributed by atoms with Gasteiger partial charge in [-0.05, 0) is 46.0 Å². The first-order valence-electron chi connectivity index (χ1n) is 8.33. The molecule has 0 spiro atoms. The molecule has 21 heavy (non-hydrogen) atoms. The molecule has 1 unspecified atom stereocenters. The fourth-order valence-electron chi connectivity index (χ4n) is 2.46. The minimum atomic E-state index is -0.427. The Morgan fingerprint density at radius 2 is 1.81 bits per heavy atom. The van der Waals surface area contributed by atoms with E-state index in [0.717, 1.165) is 45.4 Å². The van der Waals surface area contributed by atoms with E-state index in [1.165, 1.54) is 0 Å². The zero-order valence-electron chi connectivity index (χ0n) is 14.7. The Morgan fingerprint density at radius 3 is 2.24 bits per heavy atom. The van der Waals surface area contributed by atoms with E-state index in [4.69, 9.17) is 9.47 Å². The summed E-state index contributed by atoms with van der Waals surface area (Å²) in [7, 11) is 0. The van der Waals surface area contributed by atoms with Gasteiger partial charge in [0.2, 0.25) is 0 Å². The van der Waals surface area contributed by atoms with Crippen LogP contribution >= 0.6 is 0 Å². The Labute approximate surface area is 130 Å². The highest BCUT2D eigenvalue weighted by Gasteiger charge is 2.36. The first-order valence-corrected chi connectivity index (χ1v) is 8.33. The third-order valence-electron chi connectivity index (χ3n) is 4.34. The molecule has 0 aromatic rings. The number of carbonyl (C=O) groups is 1. The summed E-state index contributed by atoms with van der Waals surface area (Å²) < 4.78 is 11.7. The highest BCUT2D eigenvalue weighted by atomic mass is 16.6. The van der Waals surface area contributed by atoms with E-state index in [-0.39, 0.29) is 11.7 Å². The Bertz CT molecular complexity index is 327. The lowest BCUT2D eigenvalue weighted by atomic mass is 9.88. The maximum Gasteiger partial charge on any atom is 0.410 e. The van der Waals surface area contributed by atoms with Crippen molar-refractivity contribution in [2.75, 3.05) is 19.7 Å². The number of ether oxygens (including phenoxy) is 2. The first-order chi connectivity index (χ1) is 9.71. The van der Waals surface area contributed by atoms with Crippen LogP contribution in [0.2, 0.25) is 0 Å². The van der Waals surface area contributed by atoms with E-state index in [0.29, 0.717) is 5.92 Å². The second-order valence-corrected chi connectivity index (χ2v) is 7.33. The van der Waals surface area contributed by atoms with Crippen molar-refractivity contribution in [3.05, 3.63) is 0 Å². The molecule has 0 aliphatic carbocycles. The summed E-state index contributed by atoms with van der Waals surface area (Å²) in [4.78, 5) is 13.9. The highest BCUT2D eigenvalue weighted by molar-refractivity contribution is 5.68. The van der Waals surface area contributed by atoms with Gasteiger partial charge in [-0.25, -0.2) is 4.79 Å². The average Bonchev–Trinajstić information content (AvgIpc) is 2.43. The number of likely N-dealkylation sites (tertiary alicyclic amines) is 1. The van der Waals surface area contributed by atoms with Gasteiger partial charge in [-0.1, -0.05) is 27.2 Å². The van der Waals surface area contributed by atoms with Crippen LogP contribution < -0.4 is 0 Å². The molecule has 0 N–H and O–H groups in total. The van der Waals surface area contributed by atoms with Crippen LogP contribution in [0.15, 0.2) is 0 Å². The second kappa shape index (κ2) is 7.48. The molecule has 1 atom stereocenters. The summed E-state index contributed by atoms with van der Waals surface area (Å²) >= 11 is 0. The van der Waals surface area contributed by atoms with Crippen molar-refractivity contribution in [1.29, 1.82) is 0 Å². The molecule has 0 radical (unpaired) electrons. The smallest absolute Gasteiger partial charge is 0.410 e. The molecule has 124 valence electrons. The largest absolute Gasteiger partial charge is 0.444 e. The molecule has 1 saturated heterocycles. The van der Waals surface area contributed by atoms with Gasteiger partial charge < -0.3 is 14.4 Å². The van der Waals surface area contributed by atoms with Crippen molar-refractivity contribution in [1.82, 2.24) is 4.90 Å². The average molecular weight is 299 g/mol. The van der Waals surface area contributed by atoms with Crippen LogP contribution in [0.3, 0.4) is 0 Å². The number of rotatable bonds is 5. The summed E-state index contributed by atoms with van der Waals surface area (Å²) in [5.74, 6) is 0.595. The van der Waals surface area contributed by atoms with E-state index in [2.05, 4.69) is 20.8 Å². The monoisotopic (exact) mass is 299 g/mol. The van der Waals surface area contributed by atoms with E-state index in [1.54, 1.807) is 0 Å². The first kappa shape index (κ1) is 18.3. The van der Waals surface area contributed by atoms with Crippen molar-refractivity contribution < 1.29 is 14.3 Å². The Kier molecular flexibility index (Phi) is 6.51. The fourth-order valence-corrected chi connectivity index (χ4v) is 2.46. The number of nitrogens with zero attached hydrogens (tertiary/aromatic N) is 1. The summed E-state index contributed by atoms with van der Waals surface area (Å²) in [5.41, 5.74) is -0.481. The van der Waals surface area contributed by atoms with Gasteiger partial charge >= 0.3 is 6.09 Å². The molecule has 4 heteroatoms. The number of piperidine rings is 1. The van der Waals surface area contributed by atoms with E-state index in [9.17, 15) is 4.79 Å². The van der Waals surface area contributed by atoms with Crippen LogP contribution in [0.5, 0.6) is 0 Å². The quantitative estimate of drug-likeness (QED) is 0.762. The molecule has 1 rings (SSSR count). The molecular weight excluding hydrogens is 266 g/mol. The molecule has 4 nitrogen and oxygen atoms in total. The molecule has 1 amide bonds. The van der Waals surface area contributed by atoms with Gasteiger partial charge in [-0.3, -0.25) is 0 Å². The predicted molar refractivity (Wildman–Crippen MR) is 85.5 cm³/mol. The predicted octanol–water partition coefficient (Wildman–Crippen LogP) is 4.23. The summed E-state index contributed by atoms with van der Waals surface area (Å²) in [6, 6.07) is 0. The zero-order chi connectivity index (χ0) is 16.1. The number of amides is 1. The highest BCUT2D eigenvalue weighted by Crippen LogP contribution is 2.31. The lowest BCUT2D eigenvalue weighted by Crippen LogP contribution is -2.49. The molecule has 1 aliphatic heterocycles. The Morgan fingerprint density at radius 1 is 1.24 bits per heavy atom. The molecule has 1 heterocycles. The molecule has 0 aromatic carbocycles. The normalized spacial score (nSPS) is 20.2. The van der Waals surface area contributed by atoms with Crippen LogP contribution in [0.1, 0.15) is 67.2 Å². The van der Waals surface area contributed by atoms with Crippen LogP contribution in [-0.2, 0) is 9.47 Å². The number of carbonyl (C=O) groups excluding carboxylic acids is 1. The minimum absolute atomic E-state index is 0.0536. The van der Waals surface area contributed by atoms with Gasteiger partial charge in [0.1, 0.15) is 5.60 Å². The van der Waals surface area contributed by atoms with Crippen LogP contribution in [0.25, 0.3) is 0 Å². The summed E-state index contributed by atoms with van der Waals surface area (Å²) in [6.45, 7) is 14.6. The van der Waals surface area contributed by atoms with E-state index >= 15 is 0 Å². The van der Waals surface area contributed by atoms with Crippen LogP contribution in [0.4, 0.5) is 4.79 Å². The Hall–Kier alpha value is -0.770. The van der Waals surface area contributed by atoms with Crippen LogP contribution in [-0.4, -0.2) is 41.9 Å². The maximum atomic E-state index is 12.1. The number of hydrogen-bond acceptors (Lipinski definition) is 3. The summed E-state index contributed by atoms with van der Waals surface area (Å²) in [6.07, 6.45) is 3.75. The maximum absolute atomic E-state index is 12.1. The third-order valence-corrected chi connectivity index (χ3v) is 4.34. The van der Waals surface area contributed by atoms with Crippen molar-refractivity contribution in [3.8, 4) is 0 Å². The van der Waals surface area contributed by atoms with Crippen molar-refractivity contribution >= 4 is 6.09 Å². The van der Waals surface area contributed by atoms with Gasteiger partial charge in [0, 0.05) is 19.7 Å². The molecule has 0 aromatic heterocycles. The SMILES string of the molecule is CCC(C)COC1(CC)CCN(C(=O)OC(C)(C)C)CC1. The minimum Gasteiger partial charge on any atom is -0.444 e. The molecular formula is C17H33NO3. The van der Waals surface area contributed by atoms with E-state index in [1.807, 2.05) is 25.7 Å². The topological polar surface area (TPSA) is 38.8 Å². The van der Waals surface area contributed by atoms with Crippen molar-refractivity contribution in [3.63, 3.8) is 0 Å². The molecule has 1 aliphatic rings. The van der Waals surface area contributed by atoms with Gasteiger partial charge in [0.25, 0.3) is 0 Å². The second-order valence-electron chi connectivity index (χ2n) is 7.33. The lowest BCUT2D eigenvalue weighted by molar-refractivity contribution is -0.0963. The molecule has 0 bridgehead atoms. The van der Waals surface area contributed by atoms with E-state index < -0.39 is 5.60 Å². The Balaban J connectivity index is 2.50. The standard InChI is InChI=1S/C17H33NO3/c1-7-14(3)13-20-17(8-2)9-11-18(12-10-17)15(19)21-16(4,5)6/h14H,7-13H2,1-6H3. The lowest BCUT2D eigenvalue weighted by Gasteiger charge is -2.41. The third kappa shape index (κ3) is 5.85. The summed E-state index contributed by atoms with van der Waals surface area (Å²) in [5, 5.41) is 0. The zero-order valence-corrected chi connectivity index (χ0v) is 14.7. The van der Waals surface area contributed by atoms with Crippen molar-refractivity contribution in [2.45, 2.75) is 78.4 Å². The molecule has 0 saturated carbocycles. The van der Waals surface area contributed by atoms with Crippen molar-refractivity contribution in [2.24, 2.45) is 5.92 Å². The molecule has 1 fully saturated rings. The van der Waals surface area contributed by atoms with Gasteiger partial charge in [0.15, 0.2) is 0 Å². The van der Waals surface area contributed by atoms with Gasteiger partial charge in [-0.15, -0.1) is 0 Å². The fraction of sp³-hybridized carbons (Fsp3) is 0.941. The number of hydrogen-bond donors (Lipinski definition) is 0. The van der Waals surface area contributed by atoms with Gasteiger partial charge in [0.05, 0.1) is 5.60 Å². The van der Waals surface area contributed by atoms with Crippen LogP contribution in [0, 0.1) is 5.92 Å². The van der Waals surface area contributed by atoms with Gasteiger partial charge in [-0.2, -0.15) is 0 Å².